The maximum absolute atomic E-state index is 12.2. The number of alkyl halides is 3. The Balaban J connectivity index is 2.41. The van der Waals surface area contributed by atoms with E-state index in [9.17, 15) is 13.2 Å². The van der Waals surface area contributed by atoms with Crippen LogP contribution in [0.5, 0.6) is 5.75 Å². The number of aromatic nitrogens is 3. The van der Waals surface area contributed by atoms with Gasteiger partial charge in [0.25, 0.3) is 0 Å². The molecular formula is C10H8F3N3O. The van der Waals surface area contributed by atoms with Gasteiger partial charge in [-0.05, 0) is 19.1 Å². The van der Waals surface area contributed by atoms with Crippen LogP contribution >= 0.6 is 0 Å². The maximum Gasteiger partial charge on any atom is 0.573 e. The predicted octanol–water partition coefficient (Wildman–Crippen LogP) is 2.47. The van der Waals surface area contributed by atoms with E-state index in [2.05, 4.69) is 14.8 Å². The standard InChI is InChI=1S/C10H8F3N3O/c1-7-14-6-16(15-7)8-4-2-3-5-9(8)17-10(11,12)13/h2-6H,1H3. The topological polar surface area (TPSA) is 39.9 Å². The lowest BCUT2D eigenvalue weighted by Crippen LogP contribution is -2.18. The summed E-state index contributed by atoms with van der Waals surface area (Å²) in [6, 6.07) is 5.74. The number of hydrogen-bond acceptors (Lipinski definition) is 3. The minimum absolute atomic E-state index is 0.186. The van der Waals surface area contributed by atoms with Crippen LogP contribution < -0.4 is 4.74 Å². The number of aryl methyl sites for hydroxylation is 1. The average molecular weight is 243 g/mol. The van der Waals surface area contributed by atoms with Crippen LogP contribution in [0.1, 0.15) is 5.82 Å². The van der Waals surface area contributed by atoms with E-state index in [1.165, 1.54) is 29.2 Å². The van der Waals surface area contributed by atoms with Crippen molar-refractivity contribution in [1.82, 2.24) is 14.8 Å². The summed E-state index contributed by atoms with van der Waals surface area (Å²) < 4.78 is 41.7. The molecule has 0 amide bonds. The fourth-order valence-corrected chi connectivity index (χ4v) is 1.32. The average Bonchev–Trinajstić information content (AvgIpc) is 2.63. The van der Waals surface area contributed by atoms with Crippen LogP contribution in [0.25, 0.3) is 5.69 Å². The summed E-state index contributed by atoms with van der Waals surface area (Å²) in [4.78, 5) is 3.85. The van der Waals surface area contributed by atoms with Gasteiger partial charge in [0.05, 0.1) is 0 Å². The molecule has 1 aromatic heterocycles. The number of para-hydroxylation sites is 2. The molecule has 1 heterocycles. The van der Waals surface area contributed by atoms with Gasteiger partial charge in [-0.2, -0.15) is 5.10 Å². The quantitative estimate of drug-likeness (QED) is 0.813. The van der Waals surface area contributed by atoms with Gasteiger partial charge in [-0.15, -0.1) is 13.2 Å². The van der Waals surface area contributed by atoms with Crippen LogP contribution in [0, 0.1) is 6.92 Å². The zero-order valence-electron chi connectivity index (χ0n) is 8.77. The Labute approximate surface area is 94.7 Å². The Bertz CT molecular complexity index is 522. The van der Waals surface area contributed by atoms with Crippen molar-refractivity contribution >= 4 is 0 Å². The maximum atomic E-state index is 12.2. The summed E-state index contributed by atoms with van der Waals surface area (Å²) in [5.41, 5.74) is 0.186. The molecule has 0 radical (unpaired) electrons. The van der Waals surface area contributed by atoms with E-state index in [4.69, 9.17) is 0 Å². The normalized spacial score (nSPS) is 11.5. The fourth-order valence-electron chi connectivity index (χ4n) is 1.32. The monoisotopic (exact) mass is 243 g/mol. The first kappa shape index (κ1) is 11.4. The summed E-state index contributed by atoms with van der Waals surface area (Å²) in [6.07, 6.45) is -3.40. The van der Waals surface area contributed by atoms with Crippen LogP contribution in [-0.4, -0.2) is 21.1 Å². The molecule has 0 aliphatic carbocycles. The summed E-state index contributed by atoms with van der Waals surface area (Å²) in [5, 5.41) is 3.93. The fraction of sp³-hybridized carbons (Fsp3) is 0.200. The molecule has 4 nitrogen and oxygen atoms in total. The second-order valence-corrected chi connectivity index (χ2v) is 3.25. The first-order chi connectivity index (χ1) is 7.96. The Morgan fingerprint density at radius 2 is 1.94 bits per heavy atom. The molecule has 1 aromatic carbocycles. The molecule has 2 aromatic rings. The van der Waals surface area contributed by atoms with Gasteiger partial charge in [0.2, 0.25) is 0 Å². The third kappa shape index (κ3) is 2.74. The van der Waals surface area contributed by atoms with Gasteiger partial charge in [0, 0.05) is 0 Å². The van der Waals surface area contributed by atoms with Crippen molar-refractivity contribution in [3.8, 4) is 11.4 Å². The highest BCUT2D eigenvalue weighted by Crippen LogP contribution is 2.28. The van der Waals surface area contributed by atoms with E-state index >= 15 is 0 Å². The Morgan fingerprint density at radius 1 is 1.24 bits per heavy atom. The van der Waals surface area contributed by atoms with E-state index < -0.39 is 6.36 Å². The highest BCUT2D eigenvalue weighted by Gasteiger charge is 2.32. The summed E-state index contributed by atoms with van der Waals surface area (Å²) in [6.45, 7) is 1.64. The SMILES string of the molecule is Cc1ncn(-c2ccccc2OC(F)(F)F)n1. The third-order valence-electron chi connectivity index (χ3n) is 1.94. The molecule has 0 aliphatic heterocycles. The minimum atomic E-state index is -4.73. The summed E-state index contributed by atoms with van der Waals surface area (Å²) >= 11 is 0. The lowest BCUT2D eigenvalue weighted by atomic mass is 10.3. The number of benzene rings is 1. The first-order valence-corrected chi connectivity index (χ1v) is 4.69. The van der Waals surface area contributed by atoms with Crippen LogP contribution in [0.4, 0.5) is 13.2 Å². The zero-order valence-corrected chi connectivity index (χ0v) is 8.77. The van der Waals surface area contributed by atoms with E-state index in [1.807, 2.05) is 0 Å². The molecule has 90 valence electrons. The molecule has 0 N–H and O–H groups in total. The van der Waals surface area contributed by atoms with Crippen LogP contribution in [0.3, 0.4) is 0 Å². The molecule has 17 heavy (non-hydrogen) atoms. The van der Waals surface area contributed by atoms with Crippen molar-refractivity contribution in [3.63, 3.8) is 0 Å². The highest BCUT2D eigenvalue weighted by molar-refractivity contribution is 5.45. The molecule has 7 heteroatoms. The molecule has 0 spiro atoms. The third-order valence-corrected chi connectivity index (χ3v) is 1.94. The molecule has 0 aliphatic rings. The smallest absolute Gasteiger partial charge is 0.403 e. The number of rotatable bonds is 2. The van der Waals surface area contributed by atoms with Crippen molar-refractivity contribution in [2.75, 3.05) is 0 Å². The predicted molar refractivity (Wildman–Crippen MR) is 52.8 cm³/mol. The summed E-state index contributed by atoms with van der Waals surface area (Å²) in [5.74, 6) is 0.150. The van der Waals surface area contributed by atoms with Crippen molar-refractivity contribution in [2.45, 2.75) is 13.3 Å². The Morgan fingerprint density at radius 3 is 2.53 bits per heavy atom. The van der Waals surface area contributed by atoms with Gasteiger partial charge in [0.1, 0.15) is 17.8 Å². The molecule has 0 saturated heterocycles. The largest absolute Gasteiger partial charge is 0.573 e. The number of halogens is 3. The van der Waals surface area contributed by atoms with Gasteiger partial charge < -0.3 is 4.74 Å². The van der Waals surface area contributed by atoms with Crippen molar-refractivity contribution in [2.24, 2.45) is 0 Å². The Hall–Kier alpha value is -2.05. The highest BCUT2D eigenvalue weighted by atomic mass is 19.4. The molecule has 2 rings (SSSR count). The zero-order chi connectivity index (χ0) is 12.5. The second-order valence-electron chi connectivity index (χ2n) is 3.25. The van der Waals surface area contributed by atoms with E-state index in [-0.39, 0.29) is 11.4 Å². The molecule has 0 bridgehead atoms. The molecule has 0 fully saturated rings. The lowest BCUT2D eigenvalue weighted by molar-refractivity contribution is -0.274. The molecule has 0 unspecified atom stereocenters. The van der Waals surface area contributed by atoms with Crippen molar-refractivity contribution in [1.29, 1.82) is 0 Å². The van der Waals surface area contributed by atoms with Crippen molar-refractivity contribution < 1.29 is 17.9 Å². The Kier molecular flexibility index (Phi) is 2.74. The van der Waals surface area contributed by atoms with Crippen molar-refractivity contribution in [3.05, 3.63) is 36.4 Å². The first-order valence-electron chi connectivity index (χ1n) is 4.69. The number of nitrogens with zero attached hydrogens (tertiary/aromatic N) is 3. The summed E-state index contributed by atoms with van der Waals surface area (Å²) in [7, 11) is 0. The van der Waals surface area contributed by atoms with Gasteiger partial charge in [-0.3, -0.25) is 0 Å². The van der Waals surface area contributed by atoms with Gasteiger partial charge in [-0.1, -0.05) is 12.1 Å². The van der Waals surface area contributed by atoms with Gasteiger partial charge in [0.15, 0.2) is 5.75 Å². The second kappa shape index (κ2) is 4.08. The van der Waals surface area contributed by atoms with E-state index in [0.29, 0.717) is 5.82 Å². The number of ether oxygens (including phenoxy) is 1. The molecule has 0 atom stereocenters. The van der Waals surface area contributed by atoms with Gasteiger partial charge >= 0.3 is 6.36 Å². The molecular weight excluding hydrogens is 235 g/mol. The van der Waals surface area contributed by atoms with Crippen LogP contribution in [-0.2, 0) is 0 Å². The molecule has 0 saturated carbocycles. The number of hydrogen-bond donors (Lipinski definition) is 0. The van der Waals surface area contributed by atoms with E-state index in [0.717, 1.165) is 0 Å². The van der Waals surface area contributed by atoms with E-state index in [1.54, 1.807) is 13.0 Å². The lowest BCUT2D eigenvalue weighted by Gasteiger charge is -2.12. The minimum Gasteiger partial charge on any atom is -0.403 e. The van der Waals surface area contributed by atoms with Crippen LogP contribution in [0.15, 0.2) is 30.6 Å². The van der Waals surface area contributed by atoms with Crippen LogP contribution in [0.2, 0.25) is 0 Å². The van der Waals surface area contributed by atoms with Gasteiger partial charge in [-0.25, -0.2) is 9.67 Å².